The van der Waals surface area contributed by atoms with Crippen molar-refractivity contribution in [1.29, 1.82) is 0 Å². The summed E-state index contributed by atoms with van der Waals surface area (Å²) in [5.74, 6) is 0.926. The molecule has 2 aliphatic rings. The van der Waals surface area contributed by atoms with Crippen molar-refractivity contribution in [3.63, 3.8) is 0 Å². The molecule has 0 unspecified atom stereocenters. The topological polar surface area (TPSA) is 26.7 Å². The van der Waals surface area contributed by atoms with Crippen LogP contribution in [0.25, 0.3) is 0 Å². The van der Waals surface area contributed by atoms with E-state index in [-0.39, 0.29) is 5.41 Å². The van der Waals surface area contributed by atoms with Crippen LogP contribution >= 0.6 is 0 Å². The highest BCUT2D eigenvalue weighted by molar-refractivity contribution is 4.89. The second kappa shape index (κ2) is 6.36. The molecule has 0 amide bonds. The number of nitrogens with zero attached hydrogens (tertiary/aromatic N) is 2. The van der Waals surface area contributed by atoms with Crippen molar-refractivity contribution in [2.45, 2.75) is 38.5 Å². The average molecular weight is 254 g/mol. The van der Waals surface area contributed by atoms with Crippen LogP contribution in [0.1, 0.15) is 38.5 Å². The molecule has 2 rings (SSSR count). The number of piperidine rings is 1. The molecule has 0 spiro atoms. The molecule has 0 bridgehead atoms. The second-order valence-corrected chi connectivity index (χ2v) is 6.78. The van der Waals surface area contributed by atoms with E-state index in [1.807, 2.05) is 0 Å². The van der Waals surface area contributed by atoms with E-state index in [1.165, 1.54) is 58.2 Å². The third-order valence-corrected chi connectivity index (χ3v) is 5.11. The van der Waals surface area contributed by atoms with Gasteiger partial charge in [-0.1, -0.05) is 6.42 Å². The van der Waals surface area contributed by atoms with Crippen LogP contribution in [-0.4, -0.2) is 61.8 Å². The van der Waals surface area contributed by atoms with Crippen molar-refractivity contribution < 1.29 is 5.11 Å². The molecule has 2 fully saturated rings. The van der Waals surface area contributed by atoms with E-state index in [0.29, 0.717) is 6.61 Å². The van der Waals surface area contributed by atoms with Gasteiger partial charge < -0.3 is 14.9 Å². The van der Waals surface area contributed by atoms with Gasteiger partial charge >= 0.3 is 0 Å². The second-order valence-electron chi connectivity index (χ2n) is 6.78. The maximum Gasteiger partial charge on any atom is 0.0499 e. The summed E-state index contributed by atoms with van der Waals surface area (Å²) in [5, 5.41) is 9.50. The van der Waals surface area contributed by atoms with Crippen LogP contribution in [0.15, 0.2) is 0 Å². The molecule has 18 heavy (non-hydrogen) atoms. The monoisotopic (exact) mass is 254 g/mol. The van der Waals surface area contributed by atoms with Gasteiger partial charge in [0.1, 0.15) is 0 Å². The van der Waals surface area contributed by atoms with Crippen molar-refractivity contribution in [3.05, 3.63) is 0 Å². The summed E-state index contributed by atoms with van der Waals surface area (Å²) < 4.78 is 0. The standard InChI is InChI=1S/C15H30N2O/c1-16-9-4-14(5-10-16)6-11-17(2)12-15(13-18)7-3-8-15/h14,18H,3-13H2,1-2H3. The first-order valence-corrected chi connectivity index (χ1v) is 7.61. The molecule has 0 aromatic rings. The smallest absolute Gasteiger partial charge is 0.0499 e. The molecule has 1 N–H and O–H groups in total. The number of likely N-dealkylation sites (tertiary alicyclic amines) is 1. The molecule has 0 aromatic heterocycles. The van der Waals surface area contributed by atoms with E-state index < -0.39 is 0 Å². The number of aliphatic hydroxyl groups is 1. The van der Waals surface area contributed by atoms with E-state index in [9.17, 15) is 5.11 Å². The molecular weight excluding hydrogens is 224 g/mol. The summed E-state index contributed by atoms with van der Waals surface area (Å²) in [5.41, 5.74) is 0.252. The summed E-state index contributed by atoms with van der Waals surface area (Å²) in [6.07, 6.45) is 7.84. The number of hydrogen-bond acceptors (Lipinski definition) is 3. The van der Waals surface area contributed by atoms with Gasteiger partial charge in [-0.3, -0.25) is 0 Å². The van der Waals surface area contributed by atoms with Gasteiger partial charge in [-0.2, -0.15) is 0 Å². The maximum atomic E-state index is 9.50. The first-order chi connectivity index (χ1) is 8.63. The zero-order chi connectivity index (χ0) is 13.0. The molecule has 0 aromatic carbocycles. The average Bonchev–Trinajstić information content (AvgIpc) is 2.33. The Labute approximate surface area is 112 Å². The quantitative estimate of drug-likeness (QED) is 0.783. The minimum absolute atomic E-state index is 0.252. The number of hydrogen-bond donors (Lipinski definition) is 1. The largest absolute Gasteiger partial charge is 0.396 e. The Hall–Kier alpha value is -0.120. The Kier molecular flexibility index (Phi) is 5.05. The summed E-state index contributed by atoms with van der Waals surface area (Å²) >= 11 is 0. The predicted molar refractivity (Wildman–Crippen MR) is 75.7 cm³/mol. The first-order valence-electron chi connectivity index (χ1n) is 7.61. The van der Waals surface area contributed by atoms with Crippen LogP contribution in [0.5, 0.6) is 0 Å². The first kappa shape index (κ1) is 14.3. The van der Waals surface area contributed by atoms with Crippen molar-refractivity contribution in [2.75, 3.05) is 46.9 Å². The molecule has 0 radical (unpaired) electrons. The molecule has 106 valence electrons. The van der Waals surface area contributed by atoms with Crippen molar-refractivity contribution in [3.8, 4) is 0 Å². The van der Waals surface area contributed by atoms with E-state index in [0.717, 1.165) is 12.5 Å². The Morgan fingerprint density at radius 2 is 1.94 bits per heavy atom. The van der Waals surface area contributed by atoms with Gasteiger partial charge in [0, 0.05) is 18.6 Å². The van der Waals surface area contributed by atoms with Gasteiger partial charge in [0.25, 0.3) is 0 Å². The summed E-state index contributed by atoms with van der Waals surface area (Å²) in [4.78, 5) is 4.89. The van der Waals surface area contributed by atoms with Crippen molar-refractivity contribution in [1.82, 2.24) is 9.80 Å². The lowest BCUT2D eigenvalue weighted by molar-refractivity contribution is 0.0129. The molecule has 1 saturated heterocycles. The van der Waals surface area contributed by atoms with Crippen LogP contribution in [0, 0.1) is 11.3 Å². The fraction of sp³-hybridized carbons (Fsp3) is 1.00. The lowest BCUT2D eigenvalue weighted by Crippen LogP contribution is -2.44. The minimum Gasteiger partial charge on any atom is -0.396 e. The van der Waals surface area contributed by atoms with E-state index in [2.05, 4.69) is 23.9 Å². The molecule has 1 aliphatic heterocycles. The fourth-order valence-electron chi connectivity index (χ4n) is 3.45. The van der Waals surface area contributed by atoms with Gasteiger partial charge in [0.2, 0.25) is 0 Å². The van der Waals surface area contributed by atoms with E-state index >= 15 is 0 Å². The SMILES string of the molecule is CN1CCC(CCN(C)CC2(CO)CCC2)CC1. The molecule has 1 heterocycles. The predicted octanol–water partition coefficient (Wildman–Crippen LogP) is 1.81. The van der Waals surface area contributed by atoms with Gasteiger partial charge in [0.15, 0.2) is 0 Å². The molecule has 1 aliphatic carbocycles. The van der Waals surface area contributed by atoms with Crippen molar-refractivity contribution >= 4 is 0 Å². The van der Waals surface area contributed by atoms with Gasteiger partial charge in [-0.25, -0.2) is 0 Å². The summed E-state index contributed by atoms with van der Waals surface area (Å²) in [6.45, 7) is 5.22. The normalized spacial score (nSPS) is 25.3. The van der Waals surface area contributed by atoms with Crippen LogP contribution in [0.4, 0.5) is 0 Å². The van der Waals surface area contributed by atoms with Crippen LogP contribution in [0.2, 0.25) is 0 Å². The fourth-order valence-corrected chi connectivity index (χ4v) is 3.45. The Balaban J connectivity index is 1.64. The third kappa shape index (κ3) is 3.69. The highest BCUT2D eigenvalue weighted by atomic mass is 16.3. The van der Waals surface area contributed by atoms with Gasteiger partial charge in [-0.15, -0.1) is 0 Å². The lowest BCUT2D eigenvalue weighted by Gasteiger charge is -2.43. The molecule has 3 heteroatoms. The number of rotatable bonds is 6. The Morgan fingerprint density at radius 3 is 2.44 bits per heavy atom. The summed E-state index contributed by atoms with van der Waals surface area (Å²) in [7, 11) is 4.45. The molecule has 1 saturated carbocycles. The molecular formula is C15H30N2O. The minimum atomic E-state index is 0.252. The molecule has 3 nitrogen and oxygen atoms in total. The summed E-state index contributed by atoms with van der Waals surface area (Å²) in [6, 6.07) is 0. The zero-order valence-corrected chi connectivity index (χ0v) is 12.2. The number of aliphatic hydroxyl groups excluding tert-OH is 1. The Bertz CT molecular complexity index is 239. The van der Waals surface area contributed by atoms with Gasteiger partial charge in [0.05, 0.1) is 0 Å². The maximum absolute atomic E-state index is 9.50. The van der Waals surface area contributed by atoms with Crippen molar-refractivity contribution in [2.24, 2.45) is 11.3 Å². The zero-order valence-electron chi connectivity index (χ0n) is 12.2. The highest BCUT2D eigenvalue weighted by Gasteiger charge is 2.37. The van der Waals surface area contributed by atoms with E-state index in [1.54, 1.807) is 0 Å². The van der Waals surface area contributed by atoms with Crippen LogP contribution < -0.4 is 0 Å². The third-order valence-electron chi connectivity index (χ3n) is 5.11. The lowest BCUT2D eigenvalue weighted by atomic mass is 9.69. The highest BCUT2D eigenvalue weighted by Crippen LogP contribution is 2.40. The van der Waals surface area contributed by atoms with E-state index in [4.69, 9.17) is 0 Å². The Morgan fingerprint density at radius 1 is 1.28 bits per heavy atom. The van der Waals surface area contributed by atoms with Gasteiger partial charge in [-0.05, 0) is 71.8 Å². The van der Waals surface area contributed by atoms with Crippen LogP contribution in [-0.2, 0) is 0 Å². The van der Waals surface area contributed by atoms with Crippen LogP contribution in [0.3, 0.4) is 0 Å². The molecule has 0 atom stereocenters.